The molecule has 0 atom stereocenters. The normalized spacial score (nSPS) is 14.0. The van der Waals surface area contributed by atoms with Crippen LogP contribution in [0.3, 0.4) is 0 Å². The molecule has 25 heavy (non-hydrogen) atoms. The molecule has 2 aromatic rings. The highest BCUT2D eigenvalue weighted by Crippen LogP contribution is 2.30. The molecule has 3 rings (SSSR count). The second-order valence-corrected chi connectivity index (χ2v) is 6.09. The van der Waals surface area contributed by atoms with Gasteiger partial charge in [0, 0.05) is 25.7 Å². The number of hydrogen-bond acceptors (Lipinski definition) is 4. The maximum Gasteiger partial charge on any atom is 0.406 e. The fourth-order valence-electron chi connectivity index (χ4n) is 3.04. The minimum atomic E-state index is -0.419. The van der Waals surface area contributed by atoms with Crippen LogP contribution in [0.1, 0.15) is 25.3 Å². The van der Waals surface area contributed by atoms with Crippen molar-refractivity contribution >= 4 is 11.6 Å². The number of benzene rings is 1. The standard InChI is InChI=1S/C19H20N4O2/c1-15(8-9-16-6-4-3-5-7-16)17-10-12-22(13-11-17)19-18(23(24)25)20-14-21(19)2/h3-7,14H,10-13H2,1-2H3. The highest BCUT2D eigenvalue weighted by atomic mass is 16.6. The second-order valence-electron chi connectivity index (χ2n) is 6.09. The highest BCUT2D eigenvalue weighted by Gasteiger charge is 2.27. The molecule has 0 spiro atoms. The van der Waals surface area contributed by atoms with Crippen LogP contribution in [-0.4, -0.2) is 27.6 Å². The molecule has 1 aromatic carbocycles. The van der Waals surface area contributed by atoms with Crippen molar-refractivity contribution < 1.29 is 4.92 Å². The number of imidazole rings is 1. The van der Waals surface area contributed by atoms with Crippen LogP contribution < -0.4 is 4.90 Å². The Morgan fingerprint density at radius 3 is 2.56 bits per heavy atom. The van der Waals surface area contributed by atoms with Gasteiger partial charge in [0.05, 0.1) is 0 Å². The Kier molecular flexibility index (Phi) is 4.85. The first-order chi connectivity index (χ1) is 12.1. The van der Waals surface area contributed by atoms with Crippen molar-refractivity contribution in [2.45, 2.75) is 19.8 Å². The first-order valence-corrected chi connectivity index (χ1v) is 8.22. The quantitative estimate of drug-likeness (QED) is 0.479. The zero-order valence-electron chi connectivity index (χ0n) is 14.4. The fraction of sp³-hybridized carbons (Fsp3) is 0.316. The number of hydrogen-bond donors (Lipinski definition) is 0. The van der Waals surface area contributed by atoms with Crippen LogP contribution in [0.15, 0.2) is 47.8 Å². The molecular formula is C19H20N4O2. The van der Waals surface area contributed by atoms with Crippen molar-refractivity contribution in [3.05, 3.63) is 63.5 Å². The van der Waals surface area contributed by atoms with E-state index in [0.29, 0.717) is 5.82 Å². The zero-order valence-corrected chi connectivity index (χ0v) is 14.4. The number of anilines is 1. The highest BCUT2D eigenvalue weighted by molar-refractivity contribution is 5.55. The van der Waals surface area contributed by atoms with E-state index in [1.54, 1.807) is 11.6 Å². The van der Waals surface area contributed by atoms with E-state index in [1.165, 1.54) is 11.9 Å². The average Bonchev–Trinajstić information content (AvgIpc) is 3.02. The van der Waals surface area contributed by atoms with Crippen molar-refractivity contribution in [2.24, 2.45) is 7.05 Å². The van der Waals surface area contributed by atoms with E-state index in [1.807, 2.05) is 42.2 Å². The van der Waals surface area contributed by atoms with Gasteiger partial charge in [-0.05, 0) is 47.4 Å². The van der Waals surface area contributed by atoms with Crippen LogP contribution in [0.5, 0.6) is 0 Å². The van der Waals surface area contributed by atoms with Gasteiger partial charge in [-0.2, -0.15) is 0 Å². The van der Waals surface area contributed by atoms with E-state index < -0.39 is 4.92 Å². The van der Waals surface area contributed by atoms with Gasteiger partial charge in [-0.1, -0.05) is 35.6 Å². The Balaban J connectivity index is 1.73. The topological polar surface area (TPSA) is 64.2 Å². The molecule has 1 aliphatic rings. The van der Waals surface area contributed by atoms with Crippen molar-refractivity contribution in [2.75, 3.05) is 18.0 Å². The van der Waals surface area contributed by atoms with Crippen molar-refractivity contribution in [3.63, 3.8) is 0 Å². The molecule has 0 radical (unpaired) electrons. The van der Waals surface area contributed by atoms with Gasteiger partial charge in [-0.25, -0.2) is 0 Å². The van der Waals surface area contributed by atoms with Crippen LogP contribution in [-0.2, 0) is 7.05 Å². The maximum atomic E-state index is 11.1. The number of rotatable bonds is 2. The first-order valence-electron chi connectivity index (χ1n) is 8.22. The second kappa shape index (κ2) is 7.22. The lowest BCUT2D eigenvalue weighted by molar-refractivity contribution is -0.388. The fourth-order valence-corrected chi connectivity index (χ4v) is 3.04. The molecule has 0 saturated carbocycles. The molecule has 1 aromatic heterocycles. The molecule has 6 heteroatoms. The van der Waals surface area contributed by atoms with Gasteiger partial charge >= 0.3 is 5.82 Å². The third-order valence-corrected chi connectivity index (χ3v) is 4.43. The van der Waals surface area contributed by atoms with E-state index >= 15 is 0 Å². The van der Waals surface area contributed by atoms with Crippen LogP contribution in [0.25, 0.3) is 0 Å². The first kappa shape index (κ1) is 16.8. The summed E-state index contributed by atoms with van der Waals surface area (Å²) in [4.78, 5) is 16.7. The van der Waals surface area contributed by atoms with Crippen molar-refractivity contribution in [1.29, 1.82) is 0 Å². The number of nitro groups is 1. The summed E-state index contributed by atoms with van der Waals surface area (Å²) in [7, 11) is 1.79. The molecule has 6 nitrogen and oxygen atoms in total. The molecular weight excluding hydrogens is 316 g/mol. The average molecular weight is 336 g/mol. The Morgan fingerprint density at radius 1 is 1.24 bits per heavy atom. The van der Waals surface area contributed by atoms with Gasteiger partial charge in [0.1, 0.15) is 0 Å². The van der Waals surface area contributed by atoms with Crippen molar-refractivity contribution in [3.8, 4) is 11.8 Å². The van der Waals surface area contributed by atoms with E-state index in [4.69, 9.17) is 0 Å². The molecule has 0 aliphatic carbocycles. The third-order valence-electron chi connectivity index (χ3n) is 4.43. The monoisotopic (exact) mass is 336 g/mol. The molecule has 1 saturated heterocycles. The third kappa shape index (κ3) is 3.72. The summed E-state index contributed by atoms with van der Waals surface area (Å²) in [5.41, 5.74) is 3.43. The number of aryl methyl sites for hydroxylation is 1. The van der Waals surface area contributed by atoms with E-state index in [9.17, 15) is 10.1 Å². The Bertz CT molecular complexity index is 862. The number of aromatic nitrogens is 2. The summed E-state index contributed by atoms with van der Waals surface area (Å²) in [5.74, 6) is 6.94. The lowest BCUT2D eigenvalue weighted by atomic mass is 9.98. The number of nitrogens with zero attached hydrogens (tertiary/aromatic N) is 4. The predicted octanol–water partition coefficient (Wildman–Crippen LogP) is 3.30. The van der Waals surface area contributed by atoms with Gasteiger partial charge in [-0.3, -0.25) is 4.57 Å². The summed E-state index contributed by atoms with van der Waals surface area (Å²) in [6.45, 7) is 3.52. The SMILES string of the molecule is CC(C#Cc1ccccc1)=C1CCN(c2c([N+](=O)[O-])ncn2C)CC1. The predicted molar refractivity (Wildman–Crippen MR) is 97.3 cm³/mol. The van der Waals surface area contributed by atoms with Gasteiger partial charge in [0.2, 0.25) is 12.1 Å². The largest absolute Gasteiger partial charge is 0.406 e. The van der Waals surface area contributed by atoms with Crippen molar-refractivity contribution in [1.82, 2.24) is 9.55 Å². The minimum absolute atomic E-state index is 0.0736. The van der Waals surface area contributed by atoms with E-state index in [2.05, 4.69) is 16.8 Å². The summed E-state index contributed by atoms with van der Waals surface area (Å²) in [5, 5.41) is 11.1. The van der Waals surface area contributed by atoms with Gasteiger partial charge < -0.3 is 15.0 Å². The van der Waals surface area contributed by atoms with Gasteiger partial charge in [0.25, 0.3) is 0 Å². The molecule has 128 valence electrons. The lowest BCUT2D eigenvalue weighted by Gasteiger charge is -2.29. The molecule has 0 bridgehead atoms. The summed E-state index contributed by atoms with van der Waals surface area (Å²) in [6, 6.07) is 9.92. The van der Waals surface area contributed by atoms with Crippen LogP contribution in [0, 0.1) is 22.0 Å². The Hall–Kier alpha value is -3.07. The Labute approximate surface area is 146 Å². The Morgan fingerprint density at radius 2 is 1.92 bits per heavy atom. The smallest absolute Gasteiger partial charge is 0.358 e. The summed E-state index contributed by atoms with van der Waals surface area (Å²) >= 11 is 0. The van der Waals surface area contributed by atoms with E-state index in [-0.39, 0.29) is 5.82 Å². The maximum absolute atomic E-state index is 11.1. The number of allylic oxidation sites excluding steroid dienone is 1. The van der Waals surface area contributed by atoms with Crippen LogP contribution >= 0.6 is 0 Å². The summed E-state index contributed by atoms with van der Waals surface area (Å²) < 4.78 is 1.72. The molecule has 1 aliphatic heterocycles. The minimum Gasteiger partial charge on any atom is -0.358 e. The summed E-state index contributed by atoms with van der Waals surface area (Å²) in [6.07, 6.45) is 3.21. The van der Waals surface area contributed by atoms with E-state index in [0.717, 1.165) is 37.1 Å². The van der Waals surface area contributed by atoms with Gasteiger partial charge in [0.15, 0.2) is 0 Å². The van der Waals surface area contributed by atoms with Gasteiger partial charge in [-0.15, -0.1) is 0 Å². The molecule has 0 amide bonds. The van der Waals surface area contributed by atoms with Crippen LogP contribution in [0.2, 0.25) is 0 Å². The molecule has 2 heterocycles. The molecule has 0 N–H and O–H groups in total. The lowest BCUT2D eigenvalue weighted by Crippen LogP contribution is -2.32. The molecule has 0 unspecified atom stereocenters. The molecule has 1 fully saturated rings. The van der Waals surface area contributed by atoms with Crippen LogP contribution in [0.4, 0.5) is 11.6 Å². The zero-order chi connectivity index (χ0) is 17.8. The number of piperidine rings is 1.